The first-order valence-electron chi connectivity index (χ1n) is 6.50. The van der Waals surface area contributed by atoms with Crippen LogP contribution in [0.4, 0.5) is 20.2 Å². The second-order valence-electron chi connectivity index (χ2n) is 4.66. The van der Waals surface area contributed by atoms with Crippen LogP contribution in [0.3, 0.4) is 0 Å². The summed E-state index contributed by atoms with van der Waals surface area (Å²) in [4.78, 5) is 10.4. The third-order valence-electron chi connectivity index (χ3n) is 3.15. The molecule has 2 aromatic rings. The van der Waals surface area contributed by atoms with Crippen LogP contribution in [0.25, 0.3) is 0 Å². The number of nitro groups is 1. The number of rotatable bonds is 6. The summed E-state index contributed by atoms with van der Waals surface area (Å²) < 4.78 is 24.9. The molecule has 0 spiro atoms. The Kier molecular flexibility index (Phi) is 5.00. The second kappa shape index (κ2) is 6.95. The predicted octanol–water partition coefficient (Wildman–Crippen LogP) is 3.64. The molecule has 2 aromatic carbocycles. The lowest BCUT2D eigenvalue weighted by Gasteiger charge is -2.09. The van der Waals surface area contributed by atoms with Crippen molar-refractivity contribution in [2.45, 2.75) is 19.6 Å². The van der Waals surface area contributed by atoms with E-state index in [1.54, 1.807) is 0 Å². The summed E-state index contributed by atoms with van der Waals surface area (Å²) in [5, 5.41) is 23.0. The van der Waals surface area contributed by atoms with E-state index in [1.165, 1.54) is 42.5 Å². The van der Waals surface area contributed by atoms with Crippen molar-refractivity contribution in [3.05, 3.63) is 69.3 Å². The molecular formula is C15H14F2N2O3. The van der Waals surface area contributed by atoms with Gasteiger partial charge in [0.15, 0.2) is 0 Å². The molecule has 116 valence electrons. The van der Waals surface area contributed by atoms with Gasteiger partial charge in [-0.2, -0.15) is 0 Å². The van der Waals surface area contributed by atoms with Gasteiger partial charge in [0.1, 0.15) is 5.69 Å². The zero-order chi connectivity index (χ0) is 16.1. The number of hydrogen-bond donors (Lipinski definition) is 2. The molecule has 0 saturated heterocycles. The van der Waals surface area contributed by atoms with Crippen molar-refractivity contribution in [1.29, 1.82) is 0 Å². The van der Waals surface area contributed by atoms with Crippen molar-refractivity contribution in [1.82, 2.24) is 0 Å². The number of aliphatic hydroxyl groups is 1. The zero-order valence-electron chi connectivity index (χ0n) is 11.5. The fourth-order valence-electron chi connectivity index (χ4n) is 1.96. The van der Waals surface area contributed by atoms with Gasteiger partial charge < -0.3 is 10.4 Å². The van der Waals surface area contributed by atoms with Crippen LogP contribution < -0.4 is 5.32 Å². The smallest absolute Gasteiger partial charge is 0.292 e. The summed E-state index contributed by atoms with van der Waals surface area (Å²) in [5.74, 6) is 0. The van der Waals surface area contributed by atoms with Crippen LogP contribution in [0, 0.1) is 10.1 Å². The van der Waals surface area contributed by atoms with Crippen LogP contribution in [-0.2, 0) is 13.2 Å². The summed E-state index contributed by atoms with van der Waals surface area (Å²) in [7, 11) is 0. The van der Waals surface area contributed by atoms with Crippen LogP contribution in [0.1, 0.15) is 23.1 Å². The van der Waals surface area contributed by atoms with Crippen molar-refractivity contribution in [3.63, 3.8) is 0 Å². The maximum absolute atomic E-state index is 12.5. The molecule has 0 aliphatic heterocycles. The van der Waals surface area contributed by atoms with Crippen molar-refractivity contribution in [2.75, 3.05) is 5.32 Å². The van der Waals surface area contributed by atoms with E-state index < -0.39 is 11.3 Å². The molecule has 0 radical (unpaired) electrons. The molecular weight excluding hydrogens is 294 g/mol. The summed E-state index contributed by atoms with van der Waals surface area (Å²) in [6.07, 6.45) is -2.52. The third-order valence-corrected chi connectivity index (χ3v) is 3.15. The Labute approximate surface area is 125 Å². The Balaban J connectivity index is 2.14. The quantitative estimate of drug-likeness (QED) is 0.631. The zero-order valence-corrected chi connectivity index (χ0v) is 11.5. The van der Waals surface area contributed by atoms with Crippen LogP contribution >= 0.6 is 0 Å². The van der Waals surface area contributed by atoms with Gasteiger partial charge in [-0.3, -0.25) is 10.1 Å². The minimum absolute atomic E-state index is 0.0722. The van der Waals surface area contributed by atoms with E-state index in [0.717, 1.165) is 0 Å². The number of nitrogens with one attached hydrogen (secondary N) is 1. The van der Waals surface area contributed by atoms with Gasteiger partial charge >= 0.3 is 0 Å². The van der Waals surface area contributed by atoms with E-state index in [2.05, 4.69) is 5.32 Å². The highest BCUT2D eigenvalue weighted by Crippen LogP contribution is 2.26. The SMILES string of the molecule is O=[N+]([O-])c1ccc(CO)cc1NCc1ccc(C(F)F)cc1. The van der Waals surface area contributed by atoms with Crippen LogP contribution in [0.2, 0.25) is 0 Å². The van der Waals surface area contributed by atoms with Gasteiger partial charge in [-0.15, -0.1) is 0 Å². The van der Waals surface area contributed by atoms with Gasteiger partial charge in [0.05, 0.1) is 11.5 Å². The van der Waals surface area contributed by atoms with E-state index in [0.29, 0.717) is 11.1 Å². The van der Waals surface area contributed by atoms with Crippen molar-refractivity contribution >= 4 is 11.4 Å². The van der Waals surface area contributed by atoms with E-state index in [-0.39, 0.29) is 30.1 Å². The molecule has 0 heterocycles. The standard InChI is InChI=1S/C15H14F2N2O3/c16-15(17)12-4-1-10(2-5-12)8-18-13-7-11(9-20)3-6-14(13)19(21)22/h1-7,15,18,20H,8-9H2. The number of anilines is 1. The van der Waals surface area contributed by atoms with Crippen LogP contribution in [0.15, 0.2) is 42.5 Å². The number of benzene rings is 2. The fourth-order valence-corrected chi connectivity index (χ4v) is 1.96. The average molecular weight is 308 g/mol. The number of alkyl halides is 2. The number of nitrogens with zero attached hydrogens (tertiary/aromatic N) is 1. The Morgan fingerprint density at radius 1 is 1.14 bits per heavy atom. The first-order chi connectivity index (χ1) is 10.5. The van der Waals surface area contributed by atoms with Gasteiger partial charge in [-0.1, -0.05) is 24.3 Å². The fraction of sp³-hybridized carbons (Fsp3) is 0.200. The van der Waals surface area contributed by atoms with E-state index in [4.69, 9.17) is 5.11 Å². The Morgan fingerprint density at radius 2 is 1.77 bits per heavy atom. The topological polar surface area (TPSA) is 75.4 Å². The molecule has 2 N–H and O–H groups in total. The van der Waals surface area contributed by atoms with Crippen molar-refractivity contribution in [2.24, 2.45) is 0 Å². The normalized spacial score (nSPS) is 10.7. The predicted molar refractivity (Wildman–Crippen MR) is 77.7 cm³/mol. The number of aliphatic hydroxyl groups excluding tert-OH is 1. The molecule has 0 amide bonds. The van der Waals surface area contributed by atoms with Gasteiger partial charge in [-0.25, -0.2) is 8.78 Å². The van der Waals surface area contributed by atoms with Gasteiger partial charge in [-0.05, 0) is 23.3 Å². The largest absolute Gasteiger partial charge is 0.392 e. The first kappa shape index (κ1) is 15.8. The molecule has 0 atom stereocenters. The average Bonchev–Trinajstić information content (AvgIpc) is 2.52. The Bertz CT molecular complexity index is 660. The Hall–Kier alpha value is -2.54. The van der Waals surface area contributed by atoms with Crippen molar-refractivity contribution in [3.8, 4) is 0 Å². The lowest BCUT2D eigenvalue weighted by Crippen LogP contribution is -2.03. The van der Waals surface area contributed by atoms with Gasteiger partial charge in [0.2, 0.25) is 0 Å². The molecule has 0 bridgehead atoms. The molecule has 7 heteroatoms. The summed E-state index contributed by atoms with van der Waals surface area (Å²) in [5.41, 5.74) is 1.35. The highest BCUT2D eigenvalue weighted by molar-refractivity contribution is 5.62. The maximum Gasteiger partial charge on any atom is 0.292 e. The third kappa shape index (κ3) is 3.76. The van der Waals surface area contributed by atoms with Gasteiger partial charge in [0, 0.05) is 18.2 Å². The molecule has 0 unspecified atom stereocenters. The lowest BCUT2D eigenvalue weighted by molar-refractivity contribution is -0.384. The highest BCUT2D eigenvalue weighted by Gasteiger charge is 2.14. The van der Waals surface area contributed by atoms with E-state index in [9.17, 15) is 18.9 Å². The molecule has 5 nitrogen and oxygen atoms in total. The number of hydrogen-bond acceptors (Lipinski definition) is 4. The molecule has 0 aliphatic carbocycles. The molecule has 22 heavy (non-hydrogen) atoms. The monoisotopic (exact) mass is 308 g/mol. The summed E-state index contributed by atoms with van der Waals surface area (Å²) in [6, 6.07) is 9.99. The van der Waals surface area contributed by atoms with E-state index in [1.807, 2.05) is 0 Å². The minimum Gasteiger partial charge on any atom is -0.392 e. The highest BCUT2D eigenvalue weighted by atomic mass is 19.3. The van der Waals surface area contributed by atoms with E-state index >= 15 is 0 Å². The number of nitro benzene ring substituents is 1. The second-order valence-corrected chi connectivity index (χ2v) is 4.66. The number of halogens is 2. The summed E-state index contributed by atoms with van der Waals surface area (Å²) >= 11 is 0. The molecule has 2 rings (SSSR count). The molecule has 0 fully saturated rings. The maximum atomic E-state index is 12.5. The van der Waals surface area contributed by atoms with Gasteiger partial charge in [0.25, 0.3) is 12.1 Å². The lowest BCUT2D eigenvalue weighted by atomic mass is 10.1. The molecule has 0 aromatic heterocycles. The first-order valence-corrected chi connectivity index (χ1v) is 6.50. The summed E-state index contributed by atoms with van der Waals surface area (Å²) in [6.45, 7) is 0.0228. The molecule has 0 aliphatic rings. The minimum atomic E-state index is -2.52. The molecule has 0 saturated carbocycles. The van der Waals surface area contributed by atoms with Crippen molar-refractivity contribution < 1.29 is 18.8 Å². The van der Waals surface area contributed by atoms with Crippen LogP contribution in [0.5, 0.6) is 0 Å². The Morgan fingerprint density at radius 3 is 2.32 bits per heavy atom. The van der Waals surface area contributed by atoms with Crippen LogP contribution in [-0.4, -0.2) is 10.0 Å².